The normalized spacial score (nSPS) is 14.1. The molecule has 2 heterocycles. The summed E-state index contributed by atoms with van der Waals surface area (Å²) in [6, 6.07) is 16.0. The van der Waals surface area contributed by atoms with Gasteiger partial charge in [-0.2, -0.15) is 0 Å². The van der Waals surface area contributed by atoms with E-state index in [0.29, 0.717) is 9.82 Å². The fourth-order valence-corrected chi connectivity index (χ4v) is 4.00. The third-order valence-electron chi connectivity index (χ3n) is 4.34. The summed E-state index contributed by atoms with van der Waals surface area (Å²) in [7, 11) is 0. The summed E-state index contributed by atoms with van der Waals surface area (Å²) in [6.45, 7) is 3.21. The van der Waals surface area contributed by atoms with Crippen molar-refractivity contribution in [1.82, 2.24) is 4.57 Å². The van der Waals surface area contributed by atoms with Gasteiger partial charge in [0.2, 0.25) is 0 Å². The molecule has 1 aliphatic heterocycles. The molecule has 0 amide bonds. The zero-order valence-electron chi connectivity index (χ0n) is 14.0. The SMILES string of the molecule is N=c1scc(-c2ccc(Cl)cc2)n1-c1ccccc1N1CCOCC1.[Cl-]. The van der Waals surface area contributed by atoms with E-state index in [9.17, 15) is 0 Å². The molecule has 7 heteroatoms. The number of para-hydroxylation sites is 2. The fourth-order valence-electron chi connectivity index (χ4n) is 3.11. The lowest BCUT2D eigenvalue weighted by molar-refractivity contribution is -0.00000578. The number of rotatable bonds is 3. The molecule has 0 saturated carbocycles. The second-order valence-electron chi connectivity index (χ2n) is 5.86. The molecule has 3 aromatic rings. The van der Waals surface area contributed by atoms with Gasteiger partial charge in [0.25, 0.3) is 0 Å². The van der Waals surface area contributed by atoms with E-state index in [1.54, 1.807) is 0 Å². The molecule has 0 aliphatic carbocycles. The van der Waals surface area contributed by atoms with Crippen LogP contribution in [0.15, 0.2) is 53.9 Å². The van der Waals surface area contributed by atoms with Crippen LogP contribution in [0.2, 0.25) is 5.02 Å². The molecular weight excluding hydrogens is 389 g/mol. The molecule has 26 heavy (non-hydrogen) atoms. The first-order chi connectivity index (χ1) is 12.2. The van der Waals surface area contributed by atoms with Crippen molar-refractivity contribution in [2.45, 2.75) is 0 Å². The van der Waals surface area contributed by atoms with Crippen molar-refractivity contribution in [3.8, 4) is 16.9 Å². The predicted octanol–water partition coefficient (Wildman–Crippen LogP) is 1.18. The number of anilines is 1. The minimum atomic E-state index is 0. The van der Waals surface area contributed by atoms with Crippen LogP contribution in [0.1, 0.15) is 0 Å². The van der Waals surface area contributed by atoms with Gasteiger partial charge >= 0.3 is 0 Å². The smallest absolute Gasteiger partial charge is 0.187 e. The first kappa shape index (κ1) is 19.0. The minimum absolute atomic E-state index is 0. The number of aromatic nitrogens is 1. The molecular formula is C19H18Cl2N3OS-. The van der Waals surface area contributed by atoms with E-state index in [0.717, 1.165) is 48.9 Å². The van der Waals surface area contributed by atoms with Crippen molar-refractivity contribution in [2.75, 3.05) is 31.2 Å². The van der Waals surface area contributed by atoms with Gasteiger partial charge in [0.1, 0.15) is 0 Å². The lowest BCUT2D eigenvalue weighted by Gasteiger charge is -2.31. The van der Waals surface area contributed by atoms with Crippen molar-refractivity contribution >= 4 is 28.6 Å². The summed E-state index contributed by atoms with van der Waals surface area (Å²) in [4.78, 5) is 2.83. The summed E-state index contributed by atoms with van der Waals surface area (Å²) >= 11 is 7.46. The zero-order chi connectivity index (χ0) is 17.2. The van der Waals surface area contributed by atoms with E-state index < -0.39 is 0 Å². The molecule has 0 spiro atoms. The first-order valence-corrected chi connectivity index (χ1v) is 9.43. The van der Waals surface area contributed by atoms with Crippen LogP contribution in [0.5, 0.6) is 0 Å². The zero-order valence-corrected chi connectivity index (χ0v) is 16.3. The molecule has 1 saturated heterocycles. The van der Waals surface area contributed by atoms with Crippen LogP contribution in [-0.4, -0.2) is 30.9 Å². The Labute approximate surface area is 167 Å². The highest BCUT2D eigenvalue weighted by Gasteiger charge is 2.18. The van der Waals surface area contributed by atoms with Crippen LogP contribution in [0.4, 0.5) is 5.69 Å². The first-order valence-electron chi connectivity index (χ1n) is 8.17. The second-order valence-corrected chi connectivity index (χ2v) is 7.15. The second kappa shape index (κ2) is 8.27. The summed E-state index contributed by atoms with van der Waals surface area (Å²) in [5.74, 6) is 0. The highest BCUT2D eigenvalue weighted by atomic mass is 35.5. The van der Waals surface area contributed by atoms with Gasteiger partial charge in [0, 0.05) is 23.5 Å². The van der Waals surface area contributed by atoms with E-state index in [-0.39, 0.29) is 12.4 Å². The summed E-state index contributed by atoms with van der Waals surface area (Å²) in [5.41, 5.74) is 4.22. The number of ether oxygens (including phenoxy) is 1. The fraction of sp³-hybridized carbons (Fsp3) is 0.211. The van der Waals surface area contributed by atoms with Crippen molar-refractivity contribution in [3.05, 3.63) is 63.7 Å². The molecule has 4 nitrogen and oxygen atoms in total. The minimum Gasteiger partial charge on any atom is -1.00 e. The molecule has 0 unspecified atom stereocenters. The van der Waals surface area contributed by atoms with Crippen LogP contribution < -0.4 is 22.1 Å². The molecule has 0 bridgehead atoms. The molecule has 0 atom stereocenters. The molecule has 4 rings (SSSR count). The Balaban J connectivity index is 0.00000196. The number of thiazole rings is 1. The van der Waals surface area contributed by atoms with E-state index in [4.69, 9.17) is 21.7 Å². The third kappa shape index (κ3) is 3.67. The van der Waals surface area contributed by atoms with Gasteiger partial charge in [0.05, 0.1) is 30.3 Å². The van der Waals surface area contributed by atoms with E-state index >= 15 is 0 Å². The molecule has 0 radical (unpaired) electrons. The number of benzene rings is 2. The molecule has 1 aromatic heterocycles. The number of morpholine rings is 1. The number of halogens is 2. The Bertz CT molecular complexity index is 930. The molecule has 1 fully saturated rings. The summed E-state index contributed by atoms with van der Waals surface area (Å²) in [6.07, 6.45) is 0. The number of nitrogens with one attached hydrogen (secondary N) is 1. The lowest BCUT2D eigenvalue weighted by atomic mass is 10.1. The average Bonchev–Trinajstić information content (AvgIpc) is 3.04. The van der Waals surface area contributed by atoms with Crippen LogP contribution in [0, 0.1) is 5.41 Å². The van der Waals surface area contributed by atoms with Crippen molar-refractivity contribution in [3.63, 3.8) is 0 Å². The number of hydrogen-bond acceptors (Lipinski definition) is 4. The van der Waals surface area contributed by atoms with Crippen molar-refractivity contribution in [2.24, 2.45) is 0 Å². The van der Waals surface area contributed by atoms with E-state index in [2.05, 4.69) is 17.0 Å². The van der Waals surface area contributed by atoms with Gasteiger partial charge in [-0.1, -0.05) is 35.9 Å². The Morgan fingerprint density at radius 2 is 1.62 bits per heavy atom. The number of hydrogen-bond donors (Lipinski definition) is 1. The van der Waals surface area contributed by atoms with Crippen molar-refractivity contribution in [1.29, 1.82) is 5.41 Å². The Kier molecular flexibility index (Phi) is 6.04. The quantitative estimate of drug-likeness (QED) is 0.709. The van der Waals surface area contributed by atoms with Gasteiger partial charge in [-0.3, -0.25) is 9.98 Å². The Morgan fingerprint density at radius 1 is 0.962 bits per heavy atom. The maximum Gasteiger partial charge on any atom is 0.187 e. The third-order valence-corrected chi connectivity index (χ3v) is 5.34. The van der Waals surface area contributed by atoms with E-state index in [1.807, 2.05) is 46.3 Å². The average molecular weight is 407 g/mol. The van der Waals surface area contributed by atoms with Gasteiger partial charge in [0.15, 0.2) is 4.80 Å². The highest BCUT2D eigenvalue weighted by Crippen LogP contribution is 2.30. The van der Waals surface area contributed by atoms with Crippen molar-refractivity contribution < 1.29 is 17.1 Å². The van der Waals surface area contributed by atoms with Gasteiger partial charge in [-0.25, -0.2) is 0 Å². The van der Waals surface area contributed by atoms with E-state index in [1.165, 1.54) is 11.3 Å². The number of nitrogens with zero attached hydrogens (tertiary/aromatic N) is 2. The Morgan fingerprint density at radius 3 is 2.31 bits per heavy atom. The summed E-state index contributed by atoms with van der Waals surface area (Å²) in [5, 5.41) is 11.2. The molecule has 1 aliphatic rings. The highest BCUT2D eigenvalue weighted by molar-refractivity contribution is 7.07. The van der Waals surface area contributed by atoms with Gasteiger partial charge < -0.3 is 22.0 Å². The maximum atomic E-state index is 8.44. The van der Waals surface area contributed by atoms with Crippen LogP contribution >= 0.6 is 22.9 Å². The predicted molar refractivity (Wildman–Crippen MR) is 103 cm³/mol. The standard InChI is InChI=1S/C19H18ClN3OS.ClH/c20-15-7-5-14(6-8-15)18-13-25-19(21)23(18)17-4-2-1-3-16(17)22-9-11-24-12-10-22;/h1-8,13,21H,9-12H2;1H/p-1. The lowest BCUT2D eigenvalue weighted by Crippen LogP contribution is -3.00. The molecule has 2 aromatic carbocycles. The van der Waals surface area contributed by atoms with Gasteiger partial charge in [-0.05, 0) is 29.8 Å². The molecule has 1 N–H and O–H groups in total. The summed E-state index contributed by atoms with van der Waals surface area (Å²) < 4.78 is 7.50. The topological polar surface area (TPSA) is 41.2 Å². The largest absolute Gasteiger partial charge is 1.00 e. The van der Waals surface area contributed by atoms with Crippen LogP contribution in [-0.2, 0) is 4.74 Å². The van der Waals surface area contributed by atoms with Gasteiger partial charge in [-0.15, -0.1) is 11.3 Å². The maximum absolute atomic E-state index is 8.44. The van der Waals surface area contributed by atoms with Crippen LogP contribution in [0.3, 0.4) is 0 Å². The van der Waals surface area contributed by atoms with Crippen LogP contribution in [0.25, 0.3) is 16.9 Å². The Hall–Kier alpha value is -1.79. The molecule has 136 valence electrons. The monoisotopic (exact) mass is 406 g/mol.